The molecular weight excluding hydrogens is 288 g/mol. The normalized spacial score (nSPS) is 18.8. The summed E-state index contributed by atoms with van der Waals surface area (Å²) in [7, 11) is 1.69. The molecule has 0 aliphatic carbocycles. The molecule has 1 aromatic carbocycles. The van der Waals surface area contributed by atoms with Crippen molar-refractivity contribution < 1.29 is 9.47 Å². The Morgan fingerprint density at radius 1 is 1.22 bits per heavy atom. The first kappa shape index (κ1) is 16.0. The van der Waals surface area contributed by atoms with Crippen molar-refractivity contribution >= 4 is 0 Å². The Bertz CT molecular complexity index is 628. The van der Waals surface area contributed by atoms with Crippen LogP contribution in [-0.4, -0.2) is 42.8 Å². The Balaban J connectivity index is 1.57. The van der Waals surface area contributed by atoms with Gasteiger partial charge in [-0.2, -0.15) is 0 Å². The molecule has 0 radical (unpaired) electrons. The molecule has 1 atom stereocenters. The van der Waals surface area contributed by atoms with Crippen LogP contribution in [0.2, 0.25) is 0 Å². The van der Waals surface area contributed by atoms with E-state index in [1.165, 1.54) is 5.56 Å². The zero-order valence-corrected chi connectivity index (χ0v) is 13.9. The molecule has 23 heavy (non-hydrogen) atoms. The highest BCUT2D eigenvalue weighted by Gasteiger charge is 2.21. The predicted octanol–water partition coefficient (Wildman–Crippen LogP) is 2.84. The SMILES string of the molecule is COc1ccc(C[C@@H]2CN(Cc3cccc(C)n3)CCO2)cc1. The van der Waals surface area contributed by atoms with Crippen LogP contribution in [0.1, 0.15) is 17.0 Å². The molecule has 1 saturated heterocycles. The van der Waals surface area contributed by atoms with Gasteiger partial charge in [-0.05, 0) is 43.2 Å². The molecule has 3 rings (SSSR count). The van der Waals surface area contributed by atoms with E-state index in [-0.39, 0.29) is 6.10 Å². The Morgan fingerprint density at radius 2 is 2.04 bits per heavy atom. The number of morpholine rings is 1. The summed E-state index contributed by atoms with van der Waals surface area (Å²) in [6.45, 7) is 5.63. The highest BCUT2D eigenvalue weighted by molar-refractivity contribution is 5.27. The van der Waals surface area contributed by atoms with Crippen molar-refractivity contribution in [2.75, 3.05) is 26.8 Å². The number of ether oxygens (including phenoxy) is 2. The molecule has 2 aromatic rings. The fourth-order valence-electron chi connectivity index (χ4n) is 2.99. The number of aryl methyl sites for hydroxylation is 1. The van der Waals surface area contributed by atoms with E-state index < -0.39 is 0 Å². The van der Waals surface area contributed by atoms with Gasteiger partial charge in [0.05, 0.1) is 25.5 Å². The number of nitrogens with zero attached hydrogens (tertiary/aromatic N) is 2. The fraction of sp³-hybridized carbons (Fsp3) is 0.421. The summed E-state index contributed by atoms with van der Waals surface area (Å²) in [4.78, 5) is 7.03. The monoisotopic (exact) mass is 312 g/mol. The van der Waals surface area contributed by atoms with Crippen molar-refractivity contribution in [2.45, 2.75) is 26.0 Å². The zero-order valence-electron chi connectivity index (χ0n) is 13.9. The first-order valence-electron chi connectivity index (χ1n) is 8.12. The van der Waals surface area contributed by atoms with Gasteiger partial charge in [-0.3, -0.25) is 9.88 Å². The molecular formula is C19H24N2O2. The smallest absolute Gasteiger partial charge is 0.118 e. The highest BCUT2D eigenvalue weighted by Crippen LogP contribution is 2.16. The standard InChI is InChI=1S/C19H24N2O2/c1-15-4-3-5-17(20-15)13-21-10-11-23-19(14-21)12-16-6-8-18(22-2)9-7-16/h3-9,19H,10-14H2,1-2H3/t19-/m1/s1. The number of aromatic nitrogens is 1. The largest absolute Gasteiger partial charge is 0.497 e. The van der Waals surface area contributed by atoms with E-state index in [0.717, 1.165) is 49.8 Å². The van der Waals surface area contributed by atoms with Gasteiger partial charge in [0.25, 0.3) is 0 Å². The van der Waals surface area contributed by atoms with Gasteiger partial charge in [-0.1, -0.05) is 18.2 Å². The molecule has 1 aromatic heterocycles. The minimum atomic E-state index is 0.238. The van der Waals surface area contributed by atoms with E-state index in [1.807, 2.05) is 25.1 Å². The van der Waals surface area contributed by atoms with Gasteiger partial charge >= 0.3 is 0 Å². The van der Waals surface area contributed by atoms with Crippen molar-refractivity contribution in [1.29, 1.82) is 0 Å². The average Bonchev–Trinajstić information content (AvgIpc) is 2.56. The number of hydrogen-bond acceptors (Lipinski definition) is 4. The van der Waals surface area contributed by atoms with Crippen LogP contribution in [0.4, 0.5) is 0 Å². The van der Waals surface area contributed by atoms with Crippen LogP contribution in [0.25, 0.3) is 0 Å². The summed E-state index contributed by atoms with van der Waals surface area (Å²) in [5.74, 6) is 0.894. The fourth-order valence-corrected chi connectivity index (χ4v) is 2.99. The second kappa shape index (κ2) is 7.57. The van der Waals surface area contributed by atoms with Crippen LogP contribution >= 0.6 is 0 Å². The third-order valence-electron chi connectivity index (χ3n) is 4.18. The summed E-state index contributed by atoms with van der Waals surface area (Å²) in [5.41, 5.74) is 3.49. The number of methoxy groups -OCH3 is 1. The maximum atomic E-state index is 5.94. The summed E-state index contributed by atoms with van der Waals surface area (Å²) >= 11 is 0. The van der Waals surface area contributed by atoms with Gasteiger partial charge in [0.1, 0.15) is 5.75 Å². The molecule has 1 fully saturated rings. The Hall–Kier alpha value is -1.91. The minimum Gasteiger partial charge on any atom is -0.497 e. The third-order valence-corrected chi connectivity index (χ3v) is 4.18. The molecule has 1 aliphatic rings. The lowest BCUT2D eigenvalue weighted by atomic mass is 10.1. The molecule has 0 amide bonds. The lowest BCUT2D eigenvalue weighted by Gasteiger charge is -2.32. The molecule has 0 bridgehead atoms. The van der Waals surface area contributed by atoms with Crippen molar-refractivity contribution in [3.8, 4) is 5.75 Å². The number of benzene rings is 1. The van der Waals surface area contributed by atoms with Gasteiger partial charge in [0.2, 0.25) is 0 Å². The molecule has 1 aliphatic heterocycles. The van der Waals surface area contributed by atoms with E-state index in [4.69, 9.17) is 9.47 Å². The summed E-state index contributed by atoms with van der Waals surface area (Å²) in [5, 5.41) is 0. The van der Waals surface area contributed by atoms with Gasteiger partial charge in [0, 0.05) is 25.3 Å². The van der Waals surface area contributed by atoms with Crippen molar-refractivity contribution in [3.05, 3.63) is 59.4 Å². The quantitative estimate of drug-likeness (QED) is 0.850. The summed E-state index contributed by atoms with van der Waals surface area (Å²) in [6, 6.07) is 14.5. The Labute approximate surface area is 138 Å². The Morgan fingerprint density at radius 3 is 2.78 bits per heavy atom. The van der Waals surface area contributed by atoms with E-state index in [0.29, 0.717) is 0 Å². The first-order chi connectivity index (χ1) is 11.2. The van der Waals surface area contributed by atoms with E-state index in [9.17, 15) is 0 Å². The average molecular weight is 312 g/mol. The van der Waals surface area contributed by atoms with Crippen molar-refractivity contribution in [2.24, 2.45) is 0 Å². The van der Waals surface area contributed by atoms with Crippen molar-refractivity contribution in [1.82, 2.24) is 9.88 Å². The van der Waals surface area contributed by atoms with Crippen LogP contribution in [0.5, 0.6) is 5.75 Å². The maximum Gasteiger partial charge on any atom is 0.118 e. The predicted molar refractivity (Wildman–Crippen MR) is 90.7 cm³/mol. The van der Waals surface area contributed by atoms with Crippen LogP contribution in [0.3, 0.4) is 0 Å². The highest BCUT2D eigenvalue weighted by atomic mass is 16.5. The van der Waals surface area contributed by atoms with Crippen LogP contribution in [-0.2, 0) is 17.7 Å². The van der Waals surface area contributed by atoms with Gasteiger partial charge in [-0.25, -0.2) is 0 Å². The lowest BCUT2D eigenvalue weighted by molar-refractivity contribution is -0.0308. The van der Waals surface area contributed by atoms with Gasteiger partial charge in [0.15, 0.2) is 0 Å². The van der Waals surface area contributed by atoms with E-state index >= 15 is 0 Å². The van der Waals surface area contributed by atoms with Crippen LogP contribution in [0.15, 0.2) is 42.5 Å². The number of hydrogen-bond donors (Lipinski definition) is 0. The van der Waals surface area contributed by atoms with Crippen LogP contribution in [0, 0.1) is 6.92 Å². The number of rotatable bonds is 5. The Kier molecular flexibility index (Phi) is 5.26. The topological polar surface area (TPSA) is 34.6 Å². The molecule has 2 heterocycles. The first-order valence-corrected chi connectivity index (χ1v) is 8.12. The van der Waals surface area contributed by atoms with Gasteiger partial charge < -0.3 is 9.47 Å². The second-order valence-electron chi connectivity index (χ2n) is 6.05. The second-order valence-corrected chi connectivity index (χ2v) is 6.05. The van der Waals surface area contributed by atoms with Gasteiger partial charge in [-0.15, -0.1) is 0 Å². The molecule has 0 saturated carbocycles. The molecule has 0 unspecified atom stereocenters. The summed E-state index contributed by atoms with van der Waals surface area (Å²) in [6.07, 6.45) is 1.17. The molecule has 0 N–H and O–H groups in total. The minimum absolute atomic E-state index is 0.238. The molecule has 0 spiro atoms. The zero-order chi connectivity index (χ0) is 16.1. The summed E-state index contributed by atoms with van der Waals surface area (Å²) < 4.78 is 11.1. The lowest BCUT2D eigenvalue weighted by Crippen LogP contribution is -2.43. The molecule has 4 heteroatoms. The maximum absolute atomic E-state index is 5.94. The van der Waals surface area contributed by atoms with Crippen LogP contribution < -0.4 is 4.74 Å². The van der Waals surface area contributed by atoms with E-state index in [2.05, 4.69) is 34.1 Å². The third kappa shape index (κ3) is 4.53. The molecule has 122 valence electrons. The molecule has 4 nitrogen and oxygen atoms in total. The number of pyridine rings is 1. The van der Waals surface area contributed by atoms with Crippen molar-refractivity contribution in [3.63, 3.8) is 0 Å². The van der Waals surface area contributed by atoms with E-state index in [1.54, 1.807) is 7.11 Å².